The first-order chi connectivity index (χ1) is 17.5. The summed E-state index contributed by atoms with van der Waals surface area (Å²) in [5.74, 6) is 0.308. The van der Waals surface area contributed by atoms with Crippen molar-refractivity contribution in [2.75, 3.05) is 26.0 Å². The zero-order chi connectivity index (χ0) is 27.1. The fraction of sp³-hybridized carbons (Fsp3) is 0.296. The van der Waals surface area contributed by atoms with Gasteiger partial charge < -0.3 is 4.74 Å². The second-order valence-corrected chi connectivity index (χ2v) is 10.9. The van der Waals surface area contributed by atoms with Crippen molar-refractivity contribution in [2.45, 2.75) is 30.5 Å². The molecular formula is C27H27ClF3NO4S. The van der Waals surface area contributed by atoms with E-state index >= 15 is 0 Å². The summed E-state index contributed by atoms with van der Waals surface area (Å²) in [6.45, 7) is 1.55. The van der Waals surface area contributed by atoms with Crippen molar-refractivity contribution >= 4 is 27.7 Å². The van der Waals surface area contributed by atoms with Gasteiger partial charge in [0.05, 0.1) is 22.1 Å². The third-order valence-electron chi connectivity index (χ3n) is 5.74. The van der Waals surface area contributed by atoms with E-state index in [1.807, 2.05) is 35.2 Å². The van der Waals surface area contributed by atoms with Crippen LogP contribution in [0.2, 0.25) is 5.02 Å². The maximum absolute atomic E-state index is 13.3. The zero-order valence-corrected chi connectivity index (χ0v) is 21.7. The predicted octanol–water partition coefficient (Wildman–Crippen LogP) is 6.09. The number of sulfone groups is 1. The molecule has 0 unspecified atom stereocenters. The average Bonchev–Trinajstić information content (AvgIpc) is 2.85. The number of rotatable bonds is 12. The summed E-state index contributed by atoms with van der Waals surface area (Å²) in [4.78, 5) is 13.1. The molecule has 0 bridgehead atoms. The first-order valence-corrected chi connectivity index (χ1v) is 13.8. The number of carbonyl (C=O) groups excluding carboxylic acids is 1. The van der Waals surface area contributed by atoms with Crippen LogP contribution in [0.25, 0.3) is 0 Å². The lowest BCUT2D eigenvalue weighted by Crippen LogP contribution is -2.28. The molecule has 37 heavy (non-hydrogen) atoms. The Morgan fingerprint density at radius 1 is 1.00 bits per heavy atom. The fourth-order valence-electron chi connectivity index (χ4n) is 3.86. The van der Waals surface area contributed by atoms with Crippen LogP contribution in [0.4, 0.5) is 13.2 Å². The number of carbonyl (C=O) groups is 1. The number of aldehydes is 1. The molecule has 0 aromatic heterocycles. The second-order valence-electron chi connectivity index (χ2n) is 8.58. The van der Waals surface area contributed by atoms with Crippen LogP contribution in [0.5, 0.6) is 5.75 Å². The molecule has 0 spiro atoms. The highest BCUT2D eigenvalue weighted by atomic mass is 35.5. The molecule has 0 saturated carbocycles. The Morgan fingerprint density at radius 3 is 2.38 bits per heavy atom. The highest BCUT2D eigenvalue weighted by Gasteiger charge is 2.33. The number of ether oxygens (including phenoxy) is 1. The van der Waals surface area contributed by atoms with Crippen LogP contribution in [0.1, 0.15) is 33.5 Å². The first kappa shape index (κ1) is 28.7. The van der Waals surface area contributed by atoms with Crippen molar-refractivity contribution in [3.05, 3.63) is 94.0 Å². The van der Waals surface area contributed by atoms with Crippen LogP contribution < -0.4 is 4.74 Å². The van der Waals surface area contributed by atoms with Gasteiger partial charge in [0.1, 0.15) is 5.75 Å². The molecule has 198 valence electrons. The number of benzene rings is 3. The van der Waals surface area contributed by atoms with Gasteiger partial charge in [0, 0.05) is 31.5 Å². The van der Waals surface area contributed by atoms with E-state index in [2.05, 4.69) is 0 Å². The van der Waals surface area contributed by atoms with Crippen molar-refractivity contribution in [3.8, 4) is 5.75 Å². The van der Waals surface area contributed by atoms with Gasteiger partial charge in [-0.3, -0.25) is 9.69 Å². The lowest BCUT2D eigenvalue weighted by molar-refractivity contribution is -0.137. The third-order valence-corrected chi connectivity index (χ3v) is 7.34. The number of alkyl halides is 3. The van der Waals surface area contributed by atoms with Gasteiger partial charge in [-0.05, 0) is 48.2 Å². The number of halogens is 4. The molecule has 0 aliphatic heterocycles. The molecule has 0 aliphatic carbocycles. The van der Waals surface area contributed by atoms with E-state index in [1.165, 1.54) is 24.3 Å². The molecule has 0 aliphatic rings. The van der Waals surface area contributed by atoms with E-state index in [9.17, 15) is 26.4 Å². The van der Waals surface area contributed by atoms with Crippen molar-refractivity contribution in [1.29, 1.82) is 0 Å². The van der Waals surface area contributed by atoms with E-state index in [0.29, 0.717) is 43.5 Å². The van der Waals surface area contributed by atoms with Crippen molar-refractivity contribution in [1.82, 2.24) is 4.90 Å². The van der Waals surface area contributed by atoms with Crippen LogP contribution in [0, 0.1) is 0 Å². The van der Waals surface area contributed by atoms with Crippen molar-refractivity contribution in [3.63, 3.8) is 0 Å². The summed E-state index contributed by atoms with van der Waals surface area (Å²) >= 11 is 6.13. The Labute approximate surface area is 219 Å². The average molecular weight is 554 g/mol. The summed E-state index contributed by atoms with van der Waals surface area (Å²) in [6, 6.07) is 17.9. The monoisotopic (exact) mass is 553 g/mol. The van der Waals surface area contributed by atoms with Crippen LogP contribution in [0.3, 0.4) is 0 Å². The summed E-state index contributed by atoms with van der Waals surface area (Å²) in [5, 5.41) is -0.306. The van der Waals surface area contributed by atoms with E-state index in [-0.39, 0.29) is 28.6 Å². The highest BCUT2D eigenvalue weighted by molar-refractivity contribution is 7.90. The van der Waals surface area contributed by atoms with Gasteiger partial charge in [-0.2, -0.15) is 13.2 Å². The lowest BCUT2D eigenvalue weighted by atomic mass is 10.1. The minimum Gasteiger partial charge on any atom is -0.494 e. The Bertz CT molecular complexity index is 1310. The van der Waals surface area contributed by atoms with Gasteiger partial charge in [-0.25, -0.2) is 8.42 Å². The SMILES string of the molecule is CS(=O)(=O)c1cc(OCCCN(CCc2ccccc2)Cc2cccc(C(F)(F)F)c2Cl)ccc1C=O. The summed E-state index contributed by atoms with van der Waals surface area (Å²) in [7, 11) is -3.61. The molecule has 0 amide bonds. The zero-order valence-electron chi connectivity index (χ0n) is 20.2. The smallest absolute Gasteiger partial charge is 0.417 e. The second kappa shape index (κ2) is 12.6. The highest BCUT2D eigenvalue weighted by Crippen LogP contribution is 2.36. The molecule has 0 N–H and O–H groups in total. The standard InChI is InChI=1S/C27H27ClF3NO4S/c1-37(34,35)25-17-23(12-11-22(25)19-33)36-16-6-14-32(15-13-20-7-3-2-4-8-20)18-21-9-5-10-24(26(21)28)27(29,30)31/h2-5,7-12,17,19H,6,13-16,18H2,1H3. The molecule has 0 fully saturated rings. The van der Waals surface area contributed by atoms with Gasteiger partial charge >= 0.3 is 6.18 Å². The van der Waals surface area contributed by atoms with E-state index in [0.717, 1.165) is 17.9 Å². The van der Waals surface area contributed by atoms with Crippen LogP contribution in [-0.2, 0) is 29.0 Å². The maximum Gasteiger partial charge on any atom is 0.417 e. The Balaban J connectivity index is 1.69. The van der Waals surface area contributed by atoms with Crippen molar-refractivity contribution < 1.29 is 31.1 Å². The molecule has 10 heteroatoms. The number of nitrogens with zero attached hydrogens (tertiary/aromatic N) is 1. The molecule has 3 aromatic carbocycles. The van der Waals surface area contributed by atoms with Gasteiger partial charge in [0.25, 0.3) is 0 Å². The van der Waals surface area contributed by atoms with E-state index < -0.39 is 21.6 Å². The first-order valence-electron chi connectivity index (χ1n) is 11.5. The third kappa shape index (κ3) is 8.31. The largest absolute Gasteiger partial charge is 0.494 e. The van der Waals surface area contributed by atoms with Gasteiger partial charge in [-0.15, -0.1) is 0 Å². The fourth-order valence-corrected chi connectivity index (χ4v) is 5.03. The minimum atomic E-state index is -4.54. The molecule has 3 rings (SSSR count). The molecule has 0 radical (unpaired) electrons. The number of hydrogen-bond donors (Lipinski definition) is 0. The Morgan fingerprint density at radius 2 is 1.73 bits per heavy atom. The molecule has 0 atom stereocenters. The van der Waals surface area contributed by atoms with Gasteiger partial charge in [-0.1, -0.05) is 54.1 Å². The van der Waals surface area contributed by atoms with Gasteiger partial charge in [0.15, 0.2) is 16.1 Å². The summed E-state index contributed by atoms with van der Waals surface area (Å²) in [5.41, 5.74) is 0.675. The molecule has 0 heterocycles. The number of hydrogen-bond acceptors (Lipinski definition) is 5. The van der Waals surface area contributed by atoms with E-state index in [4.69, 9.17) is 16.3 Å². The quantitative estimate of drug-likeness (QED) is 0.201. The predicted molar refractivity (Wildman–Crippen MR) is 137 cm³/mol. The normalized spacial score (nSPS) is 12.1. The molecular weight excluding hydrogens is 527 g/mol. The summed E-state index contributed by atoms with van der Waals surface area (Å²) < 4.78 is 69.6. The maximum atomic E-state index is 13.3. The van der Waals surface area contributed by atoms with E-state index in [1.54, 1.807) is 6.07 Å². The molecule has 0 saturated heterocycles. The summed E-state index contributed by atoms with van der Waals surface area (Å²) in [6.07, 6.45) is -1.83. The van der Waals surface area contributed by atoms with Crippen LogP contribution in [-0.4, -0.2) is 45.6 Å². The lowest BCUT2D eigenvalue weighted by Gasteiger charge is -2.24. The van der Waals surface area contributed by atoms with Crippen molar-refractivity contribution in [2.24, 2.45) is 0 Å². The molecule has 3 aromatic rings. The van der Waals surface area contributed by atoms with Crippen LogP contribution in [0.15, 0.2) is 71.6 Å². The molecule has 5 nitrogen and oxygen atoms in total. The Kier molecular flexibility index (Phi) is 9.75. The van der Waals surface area contributed by atoms with Crippen LogP contribution >= 0.6 is 11.6 Å². The topological polar surface area (TPSA) is 63.7 Å². The van der Waals surface area contributed by atoms with Gasteiger partial charge in [0.2, 0.25) is 0 Å². The Hall–Kier alpha value is -2.88. The minimum absolute atomic E-state index is 0.0555.